The predicted octanol–water partition coefficient (Wildman–Crippen LogP) is 1.66. The first-order valence-electron chi connectivity index (χ1n) is 5.39. The fourth-order valence-electron chi connectivity index (χ4n) is 1.58. The molecule has 2 aromatic rings. The Morgan fingerprint density at radius 1 is 1.22 bits per heavy atom. The molecule has 5 heteroatoms. The second kappa shape index (κ2) is 5.18. The molecule has 0 aliphatic rings. The average Bonchev–Trinajstić information content (AvgIpc) is 2.38. The topological polar surface area (TPSA) is 86.5 Å². The summed E-state index contributed by atoms with van der Waals surface area (Å²) in [7, 11) is 1.62. The van der Waals surface area contributed by atoms with E-state index in [4.69, 9.17) is 16.2 Å². The number of aliphatic imine (C=N–C) groups is 1. The molecule has 0 spiro atoms. The molecule has 5 nitrogen and oxygen atoms in total. The van der Waals surface area contributed by atoms with Crippen LogP contribution in [0.3, 0.4) is 0 Å². The van der Waals surface area contributed by atoms with Crippen molar-refractivity contribution >= 4 is 11.6 Å². The molecule has 0 saturated heterocycles. The fourth-order valence-corrected chi connectivity index (χ4v) is 1.58. The van der Waals surface area contributed by atoms with Gasteiger partial charge in [0.1, 0.15) is 5.75 Å². The number of ether oxygens (including phenoxy) is 1. The Labute approximate surface area is 105 Å². The van der Waals surface area contributed by atoms with E-state index in [9.17, 15) is 0 Å². The van der Waals surface area contributed by atoms with E-state index in [2.05, 4.69) is 9.98 Å². The molecule has 4 N–H and O–H groups in total. The molecule has 1 aromatic heterocycles. The monoisotopic (exact) mass is 242 g/mol. The van der Waals surface area contributed by atoms with Gasteiger partial charge in [-0.1, -0.05) is 12.1 Å². The van der Waals surface area contributed by atoms with Gasteiger partial charge in [0.15, 0.2) is 5.96 Å². The highest BCUT2D eigenvalue weighted by Gasteiger charge is 2.02. The molecule has 0 saturated carbocycles. The van der Waals surface area contributed by atoms with Gasteiger partial charge in [0.05, 0.1) is 18.5 Å². The highest BCUT2D eigenvalue weighted by Crippen LogP contribution is 2.24. The number of hydrogen-bond donors (Lipinski definition) is 2. The molecule has 0 aliphatic heterocycles. The molecule has 92 valence electrons. The lowest BCUT2D eigenvalue weighted by atomic mass is 10.1. The van der Waals surface area contributed by atoms with Crippen LogP contribution in [0, 0.1) is 0 Å². The molecule has 18 heavy (non-hydrogen) atoms. The average molecular weight is 242 g/mol. The third-order valence-corrected chi connectivity index (χ3v) is 2.37. The van der Waals surface area contributed by atoms with Gasteiger partial charge in [-0.3, -0.25) is 4.98 Å². The van der Waals surface area contributed by atoms with Crippen molar-refractivity contribution in [1.29, 1.82) is 0 Å². The van der Waals surface area contributed by atoms with Crippen molar-refractivity contribution in [1.82, 2.24) is 4.98 Å². The van der Waals surface area contributed by atoms with Gasteiger partial charge in [0.2, 0.25) is 0 Å². The van der Waals surface area contributed by atoms with Crippen molar-refractivity contribution in [2.75, 3.05) is 7.11 Å². The number of aromatic nitrogens is 1. The van der Waals surface area contributed by atoms with Crippen LogP contribution in [0.25, 0.3) is 11.3 Å². The zero-order valence-corrected chi connectivity index (χ0v) is 10.00. The summed E-state index contributed by atoms with van der Waals surface area (Å²) in [5, 5.41) is 0. The van der Waals surface area contributed by atoms with Crippen molar-refractivity contribution in [3.8, 4) is 17.0 Å². The van der Waals surface area contributed by atoms with Crippen LogP contribution in [-0.2, 0) is 0 Å². The minimum atomic E-state index is 0.0331. The molecule has 0 unspecified atom stereocenters. The van der Waals surface area contributed by atoms with E-state index in [1.165, 1.54) is 0 Å². The van der Waals surface area contributed by atoms with E-state index in [1.807, 2.05) is 30.3 Å². The highest BCUT2D eigenvalue weighted by molar-refractivity contribution is 5.79. The van der Waals surface area contributed by atoms with Crippen LogP contribution >= 0.6 is 0 Å². The summed E-state index contributed by atoms with van der Waals surface area (Å²) in [6.45, 7) is 0. The van der Waals surface area contributed by atoms with E-state index in [0.717, 1.165) is 17.0 Å². The van der Waals surface area contributed by atoms with Gasteiger partial charge in [0, 0.05) is 17.8 Å². The molecule has 2 rings (SSSR count). The van der Waals surface area contributed by atoms with E-state index in [-0.39, 0.29) is 5.96 Å². The number of nitrogens with zero attached hydrogens (tertiary/aromatic N) is 2. The van der Waals surface area contributed by atoms with Crippen LogP contribution in [0.5, 0.6) is 5.75 Å². The zero-order valence-electron chi connectivity index (χ0n) is 10.00. The van der Waals surface area contributed by atoms with Crippen LogP contribution in [0.2, 0.25) is 0 Å². The Morgan fingerprint density at radius 2 is 2.06 bits per heavy atom. The Morgan fingerprint density at radius 3 is 2.78 bits per heavy atom. The molecule has 0 bridgehead atoms. The number of pyridine rings is 1. The second-order valence-corrected chi connectivity index (χ2v) is 3.67. The quantitative estimate of drug-likeness (QED) is 0.633. The third kappa shape index (κ3) is 2.76. The number of rotatable bonds is 3. The minimum Gasteiger partial charge on any atom is -0.497 e. The molecule has 0 atom stereocenters. The molecule has 1 heterocycles. The van der Waals surface area contributed by atoms with Crippen molar-refractivity contribution in [3.05, 3.63) is 42.6 Å². The summed E-state index contributed by atoms with van der Waals surface area (Å²) in [5.74, 6) is 0.790. The maximum absolute atomic E-state index is 5.35. The number of nitrogens with two attached hydrogens (primary N) is 2. The van der Waals surface area contributed by atoms with Gasteiger partial charge in [-0.25, -0.2) is 4.99 Å². The van der Waals surface area contributed by atoms with Gasteiger partial charge < -0.3 is 16.2 Å². The maximum atomic E-state index is 5.35. The number of methoxy groups -OCH3 is 1. The van der Waals surface area contributed by atoms with Crippen LogP contribution in [0.4, 0.5) is 5.69 Å². The molecule has 0 fully saturated rings. The summed E-state index contributed by atoms with van der Waals surface area (Å²) in [4.78, 5) is 8.29. The molecular weight excluding hydrogens is 228 g/mol. The van der Waals surface area contributed by atoms with Gasteiger partial charge in [-0.05, 0) is 18.2 Å². The van der Waals surface area contributed by atoms with Crippen LogP contribution in [-0.4, -0.2) is 18.1 Å². The first-order valence-corrected chi connectivity index (χ1v) is 5.39. The molecular formula is C13H14N4O. The van der Waals surface area contributed by atoms with E-state index in [1.54, 1.807) is 19.4 Å². The Kier molecular flexibility index (Phi) is 3.43. The first kappa shape index (κ1) is 11.9. The fraction of sp³-hybridized carbons (Fsp3) is 0.0769. The smallest absolute Gasteiger partial charge is 0.191 e. The van der Waals surface area contributed by atoms with Crippen LogP contribution in [0.1, 0.15) is 0 Å². The number of guanidine groups is 1. The van der Waals surface area contributed by atoms with Gasteiger partial charge in [-0.2, -0.15) is 0 Å². The number of hydrogen-bond acceptors (Lipinski definition) is 3. The molecule has 0 radical (unpaired) electrons. The second-order valence-electron chi connectivity index (χ2n) is 3.67. The number of benzene rings is 1. The highest BCUT2D eigenvalue weighted by atomic mass is 16.5. The first-order chi connectivity index (χ1) is 8.69. The van der Waals surface area contributed by atoms with Crippen LogP contribution < -0.4 is 16.2 Å². The van der Waals surface area contributed by atoms with E-state index < -0.39 is 0 Å². The normalized spacial score (nSPS) is 9.83. The molecule has 1 aromatic carbocycles. The molecule has 0 aliphatic carbocycles. The third-order valence-electron chi connectivity index (χ3n) is 2.37. The summed E-state index contributed by atoms with van der Waals surface area (Å²) in [6.07, 6.45) is 1.70. The lowest BCUT2D eigenvalue weighted by Gasteiger charge is -2.04. The Balaban J connectivity index is 2.41. The molecule has 0 amide bonds. The Bertz CT molecular complexity index is 577. The van der Waals surface area contributed by atoms with Gasteiger partial charge in [0.25, 0.3) is 0 Å². The largest absolute Gasteiger partial charge is 0.497 e. The standard InChI is InChI=1S/C13H14N4O/c1-18-11-5-6-16-12(8-11)9-3-2-4-10(7-9)17-13(14)15/h2-8H,1H3,(H4,14,15,17). The predicted molar refractivity (Wildman–Crippen MR) is 71.7 cm³/mol. The van der Waals surface area contributed by atoms with E-state index >= 15 is 0 Å². The maximum Gasteiger partial charge on any atom is 0.191 e. The van der Waals surface area contributed by atoms with Crippen molar-refractivity contribution in [3.63, 3.8) is 0 Å². The van der Waals surface area contributed by atoms with Gasteiger partial charge in [-0.15, -0.1) is 0 Å². The summed E-state index contributed by atoms with van der Waals surface area (Å²) in [6, 6.07) is 11.1. The summed E-state index contributed by atoms with van der Waals surface area (Å²) in [5.41, 5.74) is 13.1. The van der Waals surface area contributed by atoms with Crippen molar-refractivity contribution in [2.45, 2.75) is 0 Å². The minimum absolute atomic E-state index is 0.0331. The van der Waals surface area contributed by atoms with Crippen LogP contribution in [0.15, 0.2) is 47.6 Å². The summed E-state index contributed by atoms with van der Waals surface area (Å²) < 4.78 is 5.16. The van der Waals surface area contributed by atoms with Gasteiger partial charge >= 0.3 is 0 Å². The van der Waals surface area contributed by atoms with E-state index in [0.29, 0.717) is 5.69 Å². The Hall–Kier alpha value is -2.56. The lowest BCUT2D eigenvalue weighted by Crippen LogP contribution is -2.21. The summed E-state index contributed by atoms with van der Waals surface area (Å²) >= 11 is 0. The van der Waals surface area contributed by atoms with Crippen molar-refractivity contribution < 1.29 is 4.74 Å². The zero-order chi connectivity index (χ0) is 13.0. The SMILES string of the molecule is COc1ccnc(-c2cccc(N=C(N)N)c2)c1. The lowest BCUT2D eigenvalue weighted by molar-refractivity contribution is 0.414. The van der Waals surface area contributed by atoms with Crippen molar-refractivity contribution in [2.24, 2.45) is 16.5 Å².